The summed E-state index contributed by atoms with van der Waals surface area (Å²) < 4.78 is 24.5. The first-order valence-electron chi connectivity index (χ1n) is 7.76. The van der Waals surface area contributed by atoms with Gasteiger partial charge in [-0.1, -0.05) is 44.9 Å². The molecule has 4 nitrogen and oxygen atoms in total. The fourth-order valence-electron chi connectivity index (χ4n) is 3.07. The first-order valence-corrected chi connectivity index (χ1v) is 9.41. The smallest absolute Gasteiger partial charge is 0.178 e. The average Bonchev–Trinajstić information content (AvgIpc) is 2.51. The van der Waals surface area contributed by atoms with Crippen LogP contribution >= 0.6 is 0 Å². The van der Waals surface area contributed by atoms with E-state index >= 15 is 0 Å². The summed E-state index contributed by atoms with van der Waals surface area (Å²) in [6.07, 6.45) is 2.77. The Labute approximate surface area is 128 Å². The van der Waals surface area contributed by atoms with Crippen LogP contribution in [0.25, 0.3) is 0 Å². The van der Waals surface area contributed by atoms with Gasteiger partial charge in [-0.2, -0.15) is 0 Å². The number of hydrogen-bond donors (Lipinski definition) is 2. The van der Waals surface area contributed by atoms with Crippen molar-refractivity contribution in [3.63, 3.8) is 0 Å². The first kappa shape index (κ1) is 16.5. The highest BCUT2D eigenvalue weighted by molar-refractivity contribution is 7.91. The molecule has 0 aromatic heterocycles. The Balaban J connectivity index is 2.36. The molecule has 1 aromatic rings. The number of benzene rings is 1. The summed E-state index contributed by atoms with van der Waals surface area (Å²) in [5.74, 6) is 0.760. The van der Waals surface area contributed by atoms with Crippen molar-refractivity contribution < 1.29 is 8.42 Å². The molecular weight excluding hydrogens is 284 g/mol. The highest BCUT2D eigenvalue weighted by Gasteiger charge is 2.40. The molecule has 2 rings (SSSR count). The minimum absolute atomic E-state index is 0.164. The quantitative estimate of drug-likeness (QED) is 0.843. The maximum absolute atomic E-state index is 12.3. The molecule has 1 aliphatic heterocycles. The van der Waals surface area contributed by atoms with Crippen LogP contribution in [0.2, 0.25) is 0 Å². The summed E-state index contributed by atoms with van der Waals surface area (Å²) in [7, 11) is -3.17. The molecule has 1 heterocycles. The maximum atomic E-state index is 12.3. The average molecular weight is 310 g/mol. The maximum Gasteiger partial charge on any atom is 0.178 e. The summed E-state index contributed by atoms with van der Waals surface area (Å²) in [6, 6.07) is 7.28. The molecule has 0 saturated carbocycles. The molecule has 0 spiro atoms. The number of nitrogens with two attached hydrogens (primary N) is 1. The lowest BCUT2D eigenvalue weighted by molar-refractivity contribution is 0.286. The molecule has 1 aromatic carbocycles. The molecule has 0 saturated heterocycles. The van der Waals surface area contributed by atoms with Crippen molar-refractivity contribution in [3.8, 4) is 0 Å². The van der Waals surface area contributed by atoms with Crippen molar-refractivity contribution in [1.29, 1.82) is 0 Å². The van der Waals surface area contributed by atoms with Crippen LogP contribution in [0.4, 0.5) is 0 Å². The van der Waals surface area contributed by atoms with Crippen molar-refractivity contribution in [2.75, 3.05) is 18.8 Å². The number of nitrogens with one attached hydrogen (secondary N) is 1. The molecule has 21 heavy (non-hydrogen) atoms. The van der Waals surface area contributed by atoms with E-state index in [0.29, 0.717) is 23.8 Å². The zero-order valence-corrected chi connectivity index (χ0v) is 13.7. The monoisotopic (exact) mass is 310 g/mol. The van der Waals surface area contributed by atoms with Gasteiger partial charge in [-0.3, -0.25) is 0 Å². The lowest BCUT2D eigenvalue weighted by atomic mass is 9.85. The molecule has 118 valence electrons. The van der Waals surface area contributed by atoms with Gasteiger partial charge in [-0.25, -0.2) is 8.42 Å². The van der Waals surface area contributed by atoms with Gasteiger partial charge in [0.15, 0.2) is 9.84 Å². The normalized spacial score (nSPS) is 24.0. The van der Waals surface area contributed by atoms with Gasteiger partial charge in [0, 0.05) is 6.54 Å². The third kappa shape index (κ3) is 3.15. The van der Waals surface area contributed by atoms with E-state index in [1.54, 1.807) is 12.1 Å². The molecular formula is C16H26N2O2S. The lowest BCUT2D eigenvalue weighted by Crippen LogP contribution is -2.53. The second-order valence-electron chi connectivity index (χ2n) is 5.91. The van der Waals surface area contributed by atoms with Gasteiger partial charge in [0.25, 0.3) is 0 Å². The second-order valence-corrected chi connectivity index (χ2v) is 7.99. The zero-order chi connectivity index (χ0) is 15.5. The number of hydrogen-bond acceptors (Lipinski definition) is 4. The van der Waals surface area contributed by atoms with Gasteiger partial charge in [-0.05, 0) is 30.5 Å². The Bertz CT molecular complexity index is 582. The summed E-state index contributed by atoms with van der Waals surface area (Å²) in [4.78, 5) is 0.443. The van der Waals surface area contributed by atoms with Gasteiger partial charge < -0.3 is 11.1 Å². The Morgan fingerprint density at radius 1 is 1.29 bits per heavy atom. The van der Waals surface area contributed by atoms with Crippen molar-refractivity contribution in [3.05, 3.63) is 29.8 Å². The largest absolute Gasteiger partial charge is 0.328 e. The molecule has 0 aliphatic carbocycles. The minimum Gasteiger partial charge on any atom is -0.328 e. The van der Waals surface area contributed by atoms with E-state index in [0.717, 1.165) is 24.9 Å². The van der Waals surface area contributed by atoms with Crippen molar-refractivity contribution >= 4 is 9.84 Å². The molecule has 3 N–H and O–H groups in total. The van der Waals surface area contributed by atoms with E-state index in [2.05, 4.69) is 19.2 Å². The molecule has 1 unspecified atom stereocenters. The second kappa shape index (κ2) is 6.46. The predicted octanol–water partition coefficient (Wildman–Crippen LogP) is 2.04. The van der Waals surface area contributed by atoms with Gasteiger partial charge in [0.1, 0.15) is 0 Å². The van der Waals surface area contributed by atoms with E-state index in [1.165, 1.54) is 0 Å². The zero-order valence-electron chi connectivity index (χ0n) is 12.9. The molecule has 0 fully saturated rings. The van der Waals surface area contributed by atoms with E-state index < -0.39 is 15.4 Å². The topological polar surface area (TPSA) is 72.2 Å². The van der Waals surface area contributed by atoms with Crippen molar-refractivity contribution in [2.45, 2.75) is 43.5 Å². The van der Waals surface area contributed by atoms with Crippen LogP contribution in [0.15, 0.2) is 29.2 Å². The highest BCUT2D eigenvalue weighted by atomic mass is 32.2. The van der Waals surface area contributed by atoms with Gasteiger partial charge in [0.05, 0.1) is 16.2 Å². The summed E-state index contributed by atoms with van der Waals surface area (Å²) in [5.41, 5.74) is 6.48. The molecule has 1 aliphatic rings. The number of fused-ring (bicyclic) bond motifs is 1. The Kier molecular flexibility index (Phi) is 5.07. The molecule has 5 heteroatoms. The third-order valence-corrected chi connectivity index (χ3v) is 6.54. The van der Waals surface area contributed by atoms with Crippen LogP contribution in [0.1, 0.15) is 38.7 Å². The first-order chi connectivity index (χ1) is 9.99. The van der Waals surface area contributed by atoms with Crippen LogP contribution in [-0.4, -0.2) is 27.3 Å². The van der Waals surface area contributed by atoms with E-state index in [4.69, 9.17) is 5.73 Å². The van der Waals surface area contributed by atoms with E-state index in [1.807, 2.05) is 12.1 Å². The van der Waals surface area contributed by atoms with E-state index in [9.17, 15) is 8.42 Å². The van der Waals surface area contributed by atoms with Crippen molar-refractivity contribution in [2.24, 2.45) is 11.7 Å². The molecule has 0 radical (unpaired) electrons. The van der Waals surface area contributed by atoms with Gasteiger partial charge >= 0.3 is 0 Å². The fourth-order valence-corrected chi connectivity index (χ4v) is 4.79. The van der Waals surface area contributed by atoms with Gasteiger partial charge in [-0.15, -0.1) is 0 Å². The summed E-state index contributed by atoms with van der Waals surface area (Å²) in [5, 5.41) is 3.59. The Morgan fingerprint density at radius 3 is 2.57 bits per heavy atom. The van der Waals surface area contributed by atoms with Gasteiger partial charge in [0.2, 0.25) is 0 Å². The van der Waals surface area contributed by atoms with Crippen LogP contribution in [0, 0.1) is 5.92 Å². The molecule has 0 bridgehead atoms. The molecule has 0 amide bonds. The Hall–Kier alpha value is -0.910. The van der Waals surface area contributed by atoms with Crippen LogP contribution in [-0.2, 0) is 15.4 Å². The number of sulfone groups is 1. The van der Waals surface area contributed by atoms with Crippen LogP contribution in [0.5, 0.6) is 0 Å². The summed E-state index contributed by atoms with van der Waals surface area (Å²) >= 11 is 0. The highest BCUT2D eigenvalue weighted by Crippen LogP contribution is 2.36. The van der Waals surface area contributed by atoms with E-state index in [-0.39, 0.29) is 5.75 Å². The minimum atomic E-state index is -3.17. The predicted molar refractivity (Wildman–Crippen MR) is 85.9 cm³/mol. The number of rotatable bonds is 6. The van der Waals surface area contributed by atoms with Crippen LogP contribution in [0.3, 0.4) is 0 Å². The van der Waals surface area contributed by atoms with Crippen molar-refractivity contribution in [1.82, 2.24) is 5.32 Å². The SMILES string of the molecule is CCC(CC)CNC1(CN)CCS(=O)(=O)c2ccccc21. The Morgan fingerprint density at radius 2 is 1.95 bits per heavy atom. The van der Waals surface area contributed by atoms with Crippen LogP contribution < -0.4 is 11.1 Å². The summed E-state index contributed by atoms with van der Waals surface area (Å²) in [6.45, 7) is 5.66. The molecule has 1 atom stereocenters. The lowest BCUT2D eigenvalue weighted by Gasteiger charge is -2.39. The third-order valence-electron chi connectivity index (χ3n) is 4.77. The fraction of sp³-hybridized carbons (Fsp3) is 0.625. The standard InChI is InChI=1S/C16H26N2O2S/c1-3-13(4-2)11-18-16(12-17)9-10-21(19,20)15-8-6-5-7-14(15)16/h5-8,13,18H,3-4,9-12,17H2,1-2H3.